The van der Waals surface area contributed by atoms with Crippen molar-refractivity contribution in [1.29, 1.82) is 0 Å². The largest absolute Gasteiger partial charge is 0.368 e. The van der Waals surface area contributed by atoms with Crippen molar-refractivity contribution in [3.05, 3.63) is 106 Å². The average molecular weight is 502 g/mol. The first kappa shape index (κ1) is 23.8. The molecule has 8 heteroatoms. The second kappa shape index (κ2) is 10.4. The van der Waals surface area contributed by atoms with Crippen molar-refractivity contribution in [2.75, 3.05) is 31.1 Å². The summed E-state index contributed by atoms with van der Waals surface area (Å²) in [6.07, 6.45) is 1.64. The number of hydrogen-bond acceptors (Lipinski definition) is 5. The summed E-state index contributed by atoms with van der Waals surface area (Å²) in [5.74, 6) is -0.849. The number of thioether (sulfide) groups is 1. The van der Waals surface area contributed by atoms with Gasteiger partial charge in [0.05, 0.1) is 11.4 Å². The van der Waals surface area contributed by atoms with E-state index in [9.17, 15) is 18.8 Å². The van der Waals surface area contributed by atoms with Gasteiger partial charge in [-0.05, 0) is 65.4 Å². The van der Waals surface area contributed by atoms with E-state index < -0.39 is 17.0 Å². The summed E-state index contributed by atoms with van der Waals surface area (Å²) in [4.78, 5) is 43.7. The van der Waals surface area contributed by atoms with Gasteiger partial charge in [0.15, 0.2) is 0 Å². The average Bonchev–Trinajstić information content (AvgIpc) is 3.16. The van der Waals surface area contributed by atoms with Crippen LogP contribution in [0.4, 0.5) is 14.9 Å². The van der Waals surface area contributed by atoms with Gasteiger partial charge in [0, 0.05) is 37.4 Å². The van der Waals surface area contributed by atoms with E-state index in [1.54, 1.807) is 42.5 Å². The number of amides is 3. The van der Waals surface area contributed by atoms with Crippen LogP contribution in [-0.4, -0.2) is 53.0 Å². The van der Waals surface area contributed by atoms with Gasteiger partial charge in [0.2, 0.25) is 0 Å². The van der Waals surface area contributed by atoms with Crippen molar-refractivity contribution in [2.24, 2.45) is 0 Å². The maximum absolute atomic E-state index is 13.5. The highest BCUT2D eigenvalue weighted by Gasteiger charge is 2.35. The van der Waals surface area contributed by atoms with E-state index in [0.29, 0.717) is 29.1 Å². The zero-order valence-corrected chi connectivity index (χ0v) is 20.3. The molecule has 0 spiro atoms. The quantitative estimate of drug-likeness (QED) is 0.459. The lowest BCUT2D eigenvalue weighted by Gasteiger charge is -2.36. The lowest BCUT2D eigenvalue weighted by molar-refractivity contribution is -0.123. The molecule has 0 unspecified atom stereocenters. The van der Waals surface area contributed by atoms with Crippen LogP contribution in [0.15, 0.2) is 83.8 Å². The molecular weight excluding hydrogens is 477 g/mol. The van der Waals surface area contributed by atoms with E-state index in [-0.39, 0.29) is 12.5 Å². The number of hydrogen-bond donors (Lipinski definition) is 0. The number of nitrogens with zero attached hydrogens (tertiary/aromatic N) is 3. The Morgan fingerprint density at radius 3 is 2.31 bits per heavy atom. The number of para-hydroxylation sites is 1. The molecular formula is C28H24FN3O3S. The van der Waals surface area contributed by atoms with Crippen molar-refractivity contribution >= 4 is 40.6 Å². The monoisotopic (exact) mass is 501 g/mol. The summed E-state index contributed by atoms with van der Waals surface area (Å²) >= 11 is 0.857. The van der Waals surface area contributed by atoms with Crippen molar-refractivity contribution in [3.8, 4) is 0 Å². The molecule has 0 aliphatic carbocycles. The first-order valence-corrected chi connectivity index (χ1v) is 12.5. The molecule has 0 radical (unpaired) electrons. The molecule has 0 N–H and O–H groups in total. The summed E-state index contributed by atoms with van der Waals surface area (Å²) in [5.41, 5.74) is 3.01. The Kier molecular flexibility index (Phi) is 6.86. The number of imide groups is 1. The van der Waals surface area contributed by atoms with Crippen molar-refractivity contribution in [3.63, 3.8) is 0 Å². The van der Waals surface area contributed by atoms with E-state index in [4.69, 9.17) is 0 Å². The molecule has 2 aliphatic rings. The van der Waals surface area contributed by atoms with Gasteiger partial charge in [-0.3, -0.25) is 19.3 Å². The lowest BCUT2D eigenvalue weighted by Crippen LogP contribution is -2.48. The van der Waals surface area contributed by atoms with Gasteiger partial charge in [0.1, 0.15) is 5.82 Å². The highest BCUT2D eigenvalue weighted by molar-refractivity contribution is 8.18. The molecule has 2 saturated heterocycles. The summed E-state index contributed by atoms with van der Waals surface area (Å²) in [6.45, 7) is 2.87. The molecule has 36 heavy (non-hydrogen) atoms. The highest BCUT2D eigenvalue weighted by Crippen LogP contribution is 2.33. The van der Waals surface area contributed by atoms with Crippen molar-refractivity contribution in [1.82, 2.24) is 9.80 Å². The van der Waals surface area contributed by atoms with Gasteiger partial charge in [-0.2, -0.15) is 0 Å². The number of piperazine rings is 1. The van der Waals surface area contributed by atoms with E-state index in [0.717, 1.165) is 41.0 Å². The van der Waals surface area contributed by atoms with Crippen LogP contribution in [0.2, 0.25) is 0 Å². The summed E-state index contributed by atoms with van der Waals surface area (Å²) in [5, 5.41) is -0.392. The number of rotatable bonds is 5. The highest BCUT2D eigenvalue weighted by atomic mass is 32.2. The van der Waals surface area contributed by atoms with Crippen LogP contribution < -0.4 is 4.90 Å². The number of carbonyl (C=O) groups is 3. The molecule has 3 aromatic carbocycles. The molecule has 0 atom stereocenters. The SMILES string of the molecule is O=C(c1ccc(/C=C2\SC(=O)N(Cc3cccc(F)c3)C2=O)cc1)N1CCN(c2ccccc2)CC1. The Labute approximate surface area is 213 Å². The fraction of sp³-hybridized carbons (Fsp3) is 0.179. The van der Waals surface area contributed by atoms with E-state index >= 15 is 0 Å². The minimum Gasteiger partial charge on any atom is -0.368 e. The second-order valence-electron chi connectivity index (χ2n) is 8.63. The van der Waals surface area contributed by atoms with Crippen molar-refractivity contribution < 1.29 is 18.8 Å². The fourth-order valence-corrected chi connectivity index (χ4v) is 5.15. The maximum atomic E-state index is 13.5. The van der Waals surface area contributed by atoms with Gasteiger partial charge < -0.3 is 9.80 Å². The minimum absolute atomic E-state index is 0.0186. The number of anilines is 1. The van der Waals surface area contributed by atoms with Gasteiger partial charge in [-0.25, -0.2) is 4.39 Å². The van der Waals surface area contributed by atoms with E-state index in [1.165, 1.54) is 12.1 Å². The van der Waals surface area contributed by atoms with Gasteiger partial charge >= 0.3 is 0 Å². The Morgan fingerprint density at radius 2 is 1.61 bits per heavy atom. The zero-order valence-electron chi connectivity index (χ0n) is 19.5. The normalized spacial score (nSPS) is 17.2. The predicted octanol–water partition coefficient (Wildman–Crippen LogP) is 5.02. The smallest absolute Gasteiger partial charge is 0.293 e. The molecule has 6 nitrogen and oxygen atoms in total. The molecule has 3 amide bonds. The van der Waals surface area contributed by atoms with E-state index in [2.05, 4.69) is 17.0 Å². The fourth-order valence-electron chi connectivity index (χ4n) is 4.32. The molecule has 5 rings (SSSR count). The number of carbonyl (C=O) groups excluding carboxylic acids is 3. The van der Waals surface area contributed by atoms with Gasteiger partial charge in [0.25, 0.3) is 17.1 Å². The summed E-state index contributed by atoms with van der Waals surface area (Å²) < 4.78 is 13.5. The van der Waals surface area contributed by atoms with Crippen LogP contribution in [-0.2, 0) is 11.3 Å². The third kappa shape index (κ3) is 5.18. The molecule has 2 heterocycles. The Bertz CT molecular complexity index is 1320. The first-order chi connectivity index (χ1) is 17.5. The van der Waals surface area contributed by atoms with Gasteiger partial charge in [-0.1, -0.05) is 42.5 Å². The van der Waals surface area contributed by atoms with Crippen molar-refractivity contribution in [2.45, 2.75) is 6.54 Å². The molecule has 182 valence electrons. The maximum Gasteiger partial charge on any atom is 0.293 e. The first-order valence-electron chi connectivity index (χ1n) is 11.7. The van der Waals surface area contributed by atoms with Crippen LogP contribution >= 0.6 is 11.8 Å². The summed E-state index contributed by atoms with van der Waals surface area (Å²) in [7, 11) is 0. The third-order valence-corrected chi connectivity index (χ3v) is 7.15. The third-order valence-electron chi connectivity index (χ3n) is 6.25. The standard InChI is InChI=1S/C28H24FN3O3S/c29-23-6-4-5-21(17-23)19-32-27(34)25(36-28(32)35)18-20-9-11-22(12-10-20)26(33)31-15-13-30(14-16-31)24-7-2-1-3-8-24/h1-12,17-18H,13-16,19H2/b25-18-. The Balaban J connectivity index is 1.21. The molecule has 2 aliphatic heterocycles. The zero-order chi connectivity index (χ0) is 25.1. The molecule has 0 bridgehead atoms. The summed E-state index contributed by atoms with van der Waals surface area (Å²) in [6, 6.07) is 23.0. The molecule has 2 fully saturated rings. The van der Waals surface area contributed by atoms with Crippen LogP contribution in [0.25, 0.3) is 6.08 Å². The Morgan fingerprint density at radius 1 is 0.889 bits per heavy atom. The number of halogens is 1. The molecule has 0 saturated carbocycles. The van der Waals surface area contributed by atoms with E-state index in [1.807, 2.05) is 23.1 Å². The second-order valence-corrected chi connectivity index (χ2v) is 9.63. The molecule has 3 aromatic rings. The molecule has 0 aromatic heterocycles. The van der Waals surface area contributed by atoms with Crippen LogP contribution in [0.1, 0.15) is 21.5 Å². The predicted molar refractivity (Wildman–Crippen MR) is 139 cm³/mol. The van der Waals surface area contributed by atoms with Crippen LogP contribution in [0.5, 0.6) is 0 Å². The van der Waals surface area contributed by atoms with Gasteiger partial charge in [-0.15, -0.1) is 0 Å². The van der Waals surface area contributed by atoms with Crippen LogP contribution in [0, 0.1) is 5.82 Å². The van der Waals surface area contributed by atoms with Crippen LogP contribution in [0.3, 0.4) is 0 Å². The Hall–Kier alpha value is -3.91. The minimum atomic E-state index is -0.414. The number of benzene rings is 3. The topological polar surface area (TPSA) is 60.9 Å². The lowest BCUT2D eigenvalue weighted by atomic mass is 10.1.